The molecule has 0 saturated carbocycles. The molecule has 0 unspecified atom stereocenters. The average molecular weight is 175 g/mol. The largest absolute Gasteiger partial charge is 0.491 e. The highest BCUT2D eigenvalue weighted by Crippen LogP contribution is 2.06. The average Bonchev–Trinajstić information content (AvgIpc) is 1.85. The molecular weight excluding hydrogens is 166 g/mol. The minimum absolute atomic E-state index is 0.185. The highest BCUT2D eigenvalue weighted by molar-refractivity contribution is 5.84. The molecule has 0 aliphatic heterocycles. The molecule has 0 aliphatic carbocycles. The Kier molecular flexibility index (Phi) is 3.75. The Morgan fingerprint density at radius 3 is 2.42 bits per heavy atom. The molecule has 0 rings (SSSR count). The second kappa shape index (κ2) is 4.32. The van der Waals surface area contributed by atoms with Gasteiger partial charge in [0.25, 0.3) is 0 Å². The molecule has 0 aromatic rings. The van der Waals surface area contributed by atoms with Crippen molar-refractivity contribution in [3.63, 3.8) is 0 Å². The number of aliphatic carboxylic acids is 1. The van der Waals surface area contributed by atoms with Crippen molar-refractivity contribution in [3.05, 3.63) is 21.6 Å². The van der Waals surface area contributed by atoms with Gasteiger partial charge in [-0.05, 0) is 6.92 Å². The minimum Gasteiger partial charge on any atom is -0.491 e. The lowest BCUT2D eigenvalue weighted by molar-refractivity contribution is -0.424. The fraction of sp³-hybridized carbons (Fsp3) is 0.500. The van der Waals surface area contributed by atoms with Crippen molar-refractivity contribution >= 4 is 5.97 Å². The standard InChI is InChI=1S/C6H9NO5/c1-3-12-4(2)5(6(8)9)7(10)11/h3H2,1-2H3,(H,8,9)/b5-4+. The predicted molar refractivity (Wildman–Crippen MR) is 39.0 cm³/mol. The molecule has 0 aromatic carbocycles. The summed E-state index contributed by atoms with van der Waals surface area (Å²) in [6, 6.07) is 0. The van der Waals surface area contributed by atoms with Gasteiger partial charge >= 0.3 is 11.7 Å². The molecule has 68 valence electrons. The van der Waals surface area contributed by atoms with Crippen LogP contribution >= 0.6 is 0 Å². The monoisotopic (exact) mass is 175 g/mol. The molecule has 0 aliphatic rings. The third-order valence-corrected chi connectivity index (χ3v) is 1.08. The first-order valence-corrected chi connectivity index (χ1v) is 3.22. The molecule has 0 spiro atoms. The summed E-state index contributed by atoms with van der Waals surface area (Å²) in [5.41, 5.74) is -0.920. The lowest BCUT2D eigenvalue weighted by atomic mass is 10.4. The number of allylic oxidation sites excluding steroid dienone is 1. The van der Waals surface area contributed by atoms with Crippen LogP contribution in [0.2, 0.25) is 0 Å². The molecule has 0 fully saturated rings. The van der Waals surface area contributed by atoms with Crippen LogP contribution in [0, 0.1) is 10.1 Å². The quantitative estimate of drug-likeness (QED) is 0.292. The van der Waals surface area contributed by atoms with E-state index in [1.807, 2.05) is 0 Å². The summed E-state index contributed by atoms with van der Waals surface area (Å²) in [4.78, 5) is 19.4. The predicted octanol–water partition coefficient (Wildman–Crippen LogP) is 0.616. The second-order valence-corrected chi connectivity index (χ2v) is 1.90. The first-order chi connectivity index (χ1) is 5.50. The maximum Gasteiger partial charge on any atom is 0.411 e. The number of carbonyl (C=O) groups is 1. The molecule has 6 nitrogen and oxygen atoms in total. The lowest BCUT2D eigenvalue weighted by Gasteiger charge is -2.00. The zero-order chi connectivity index (χ0) is 9.72. The molecule has 6 heteroatoms. The SMILES string of the molecule is CCO/C(C)=C(\C(=O)O)[N+](=O)[O-]. The maximum absolute atomic E-state index is 10.3. The van der Waals surface area contributed by atoms with E-state index in [0.717, 1.165) is 0 Å². The van der Waals surface area contributed by atoms with Gasteiger partial charge in [-0.3, -0.25) is 10.1 Å². The van der Waals surface area contributed by atoms with Crippen LogP contribution in [0.4, 0.5) is 0 Å². The first kappa shape index (κ1) is 10.4. The Balaban J connectivity index is 4.80. The zero-order valence-corrected chi connectivity index (χ0v) is 6.73. The van der Waals surface area contributed by atoms with E-state index in [9.17, 15) is 14.9 Å². The zero-order valence-electron chi connectivity index (χ0n) is 6.73. The highest BCUT2D eigenvalue weighted by atomic mass is 16.6. The van der Waals surface area contributed by atoms with Gasteiger partial charge in [0.05, 0.1) is 11.5 Å². The number of hydrogen-bond donors (Lipinski definition) is 1. The van der Waals surface area contributed by atoms with Crippen molar-refractivity contribution in [1.29, 1.82) is 0 Å². The van der Waals surface area contributed by atoms with Gasteiger partial charge in [0.2, 0.25) is 0 Å². The molecule has 0 amide bonds. The second-order valence-electron chi connectivity index (χ2n) is 1.90. The van der Waals surface area contributed by atoms with Crippen LogP contribution in [0.15, 0.2) is 11.5 Å². The van der Waals surface area contributed by atoms with Gasteiger partial charge < -0.3 is 9.84 Å². The molecule has 12 heavy (non-hydrogen) atoms. The van der Waals surface area contributed by atoms with Gasteiger partial charge in [-0.15, -0.1) is 0 Å². The van der Waals surface area contributed by atoms with Crippen molar-refractivity contribution in [1.82, 2.24) is 0 Å². The Bertz CT molecular complexity index is 216. The van der Waals surface area contributed by atoms with Crippen LogP contribution in [-0.2, 0) is 9.53 Å². The van der Waals surface area contributed by atoms with E-state index in [0.29, 0.717) is 0 Å². The van der Waals surface area contributed by atoms with Gasteiger partial charge in [0.15, 0.2) is 5.76 Å². The third-order valence-electron chi connectivity index (χ3n) is 1.08. The number of nitro groups is 1. The van der Waals surface area contributed by atoms with Crippen LogP contribution in [0.1, 0.15) is 13.8 Å². The smallest absolute Gasteiger partial charge is 0.411 e. The summed E-state index contributed by atoms with van der Waals surface area (Å²) >= 11 is 0. The molecule has 0 bridgehead atoms. The lowest BCUT2D eigenvalue weighted by Crippen LogP contribution is -2.13. The van der Waals surface area contributed by atoms with E-state index < -0.39 is 16.6 Å². The first-order valence-electron chi connectivity index (χ1n) is 3.22. The Labute approximate surface area is 68.6 Å². The van der Waals surface area contributed by atoms with Crippen LogP contribution in [0.3, 0.4) is 0 Å². The van der Waals surface area contributed by atoms with Crippen LogP contribution in [0.25, 0.3) is 0 Å². The van der Waals surface area contributed by atoms with Crippen molar-refractivity contribution in [2.24, 2.45) is 0 Å². The fourth-order valence-electron chi connectivity index (χ4n) is 0.642. The van der Waals surface area contributed by atoms with Crippen LogP contribution in [0.5, 0.6) is 0 Å². The van der Waals surface area contributed by atoms with E-state index in [2.05, 4.69) is 4.74 Å². The van der Waals surface area contributed by atoms with Gasteiger partial charge in [0.1, 0.15) is 0 Å². The fourth-order valence-corrected chi connectivity index (χ4v) is 0.642. The van der Waals surface area contributed by atoms with E-state index >= 15 is 0 Å². The van der Waals surface area contributed by atoms with Gasteiger partial charge in [-0.25, -0.2) is 4.79 Å². The number of nitrogens with zero attached hydrogens (tertiary/aromatic N) is 1. The van der Waals surface area contributed by atoms with Crippen molar-refractivity contribution in [3.8, 4) is 0 Å². The summed E-state index contributed by atoms with van der Waals surface area (Å²) < 4.78 is 4.68. The van der Waals surface area contributed by atoms with Crippen LogP contribution < -0.4 is 0 Å². The summed E-state index contributed by atoms with van der Waals surface area (Å²) in [7, 11) is 0. The summed E-state index contributed by atoms with van der Waals surface area (Å²) in [5.74, 6) is -1.78. The van der Waals surface area contributed by atoms with Crippen molar-refractivity contribution < 1.29 is 19.6 Å². The maximum atomic E-state index is 10.3. The number of carboxylic acid groups (broad SMARTS) is 1. The van der Waals surface area contributed by atoms with Crippen molar-refractivity contribution in [2.45, 2.75) is 13.8 Å². The number of carboxylic acids is 1. The highest BCUT2D eigenvalue weighted by Gasteiger charge is 2.25. The Hall–Kier alpha value is -1.59. The number of ether oxygens (including phenoxy) is 1. The van der Waals surface area contributed by atoms with E-state index in [-0.39, 0.29) is 12.4 Å². The summed E-state index contributed by atoms with van der Waals surface area (Å²) in [6.45, 7) is 3.06. The van der Waals surface area contributed by atoms with Gasteiger partial charge in [0, 0.05) is 6.92 Å². The van der Waals surface area contributed by atoms with Gasteiger partial charge in [-0.2, -0.15) is 0 Å². The van der Waals surface area contributed by atoms with Gasteiger partial charge in [-0.1, -0.05) is 0 Å². The molecule has 0 atom stereocenters. The molecular formula is C6H9NO5. The van der Waals surface area contributed by atoms with E-state index in [1.54, 1.807) is 6.92 Å². The normalized spacial score (nSPS) is 11.8. The Morgan fingerprint density at radius 1 is 1.67 bits per heavy atom. The van der Waals surface area contributed by atoms with E-state index in [4.69, 9.17) is 5.11 Å². The minimum atomic E-state index is -1.59. The van der Waals surface area contributed by atoms with E-state index in [1.165, 1.54) is 6.92 Å². The topological polar surface area (TPSA) is 89.7 Å². The molecule has 1 N–H and O–H groups in total. The Morgan fingerprint density at radius 2 is 2.17 bits per heavy atom. The molecule has 0 aromatic heterocycles. The molecule has 0 saturated heterocycles. The number of hydrogen-bond acceptors (Lipinski definition) is 4. The summed E-state index contributed by atoms with van der Waals surface area (Å²) in [6.07, 6.45) is 0. The van der Waals surface area contributed by atoms with Crippen molar-refractivity contribution in [2.75, 3.05) is 6.61 Å². The van der Waals surface area contributed by atoms with Crippen LogP contribution in [-0.4, -0.2) is 22.6 Å². The molecule has 0 radical (unpaired) electrons. The third kappa shape index (κ3) is 2.57. The number of rotatable bonds is 4. The molecule has 0 heterocycles. The summed E-state index contributed by atoms with van der Waals surface area (Å²) in [5, 5.41) is 18.5.